The molecule has 0 N–H and O–H groups in total. The second-order valence-corrected chi connectivity index (χ2v) is 2.73. The summed E-state index contributed by atoms with van der Waals surface area (Å²) in [6, 6.07) is 0. The molecule has 0 spiro atoms. The van der Waals surface area contributed by atoms with Gasteiger partial charge in [0.25, 0.3) is 0 Å². The molecular formula is C10H19NO. The molecule has 0 radical (unpaired) electrons. The predicted octanol–water partition coefficient (Wildman–Crippen LogP) is 2.56. The monoisotopic (exact) mass is 169 g/mol. The van der Waals surface area contributed by atoms with Crippen molar-refractivity contribution in [1.82, 2.24) is 4.90 Å². The van der Waals surface area contributed by atoms with Gasteiger partial charge in [-0.25, -0.2) is 0 Å². The molecule has 0 aliphatic heterocycles. The molecule has 0 heterocycles. The number of amides is 1. The van der Waals surface area contributed by atoms with Crippen molar-refractivity contribution in [2.45, 2.75) is 40.0 Å². The third kappa shape index (κ3) is 4.16. The van der Waals surface area contributed by atoms with E-state index in [9.17, 15) is 4.79 Å². The number of hydrogen-bond acceptors (Lipinski definition) is 1. The van der Waals surface area contributed by atoms with Crippen molar-refractivity contribution in [2.24, 2.45) is 0 Å². The molecule has 0 aromatic heterocycles. The maximum absolute atomic E-state index is 11.3. The van der Waals surface area contributed by atoms with Gasteiger partial charge in [-0.05, 0) is 12.8 Å². The fourth-order valence-corrected chi connectivity index (χ4v) is 0.959. The highest BCUT2D eigenvalue weighted by Gasteiger charge is 2.05. The van der Waals surface area contributed by atoms with Crippen LogP contribution in [0.15, 0.2) is 12.3 Å². The lowest BCUT2D eigenvalue weighted by atomic mass is 10.3. The van der Waals surface area contributed by atoms with Crippen molar-refractivity contribution in [1.29, 1.82) is 0 Å². The maximum Gasteiger partial charge on any atom is 0.226 e. The molecule has 0 unspecified atom stereocenters. The van der Waals surface area contributed by atoms with Gasteiger partial charge in [-0.3, -0.25) is 4.79 Å². The van der Waals surface area contributed by atoms with Crippen LogP contribution in [0.4, 0.5) is 0 Å². The SMILES string of the molecule is CC/C=C/N(CCC)C(=O)CC. The molecule has 0 atom stereocenters. The maximum atomic E-state index is 11.3. The minimum absolute atomic E-state index is 0.210. The van der Waals surface area contributed by atoms with Crippen molar-refractivity contribution in [2.75, 3.05) is 6.54 Å². The van der Waals surface area contributed by atoms with Crippen LogP contribution in [0.5, 0.6) is 0 Å². The number of rotatable bonds is 5. The van der Waals surface area contributed by atoms with Crippen LogP contribution in [-0.2, 0) is 4.79 Å². The molecule has 70 valence electrons. The van der Waals surface area contributed by atoms with Crippen LogP contribution >= 0.6 is 0 Å². The second-order valence-electron chi connectivity index (χ2n) is 2.73. The molecule has 0 saturated heterocycles. The van der Waals surface area contributed by atoms with Crippen LogP contribution in [0.1, 0.15) is 40.0 Å². The van der Waals surface area contributed by atoms with E-state index in [-0.39, 0.29) is 5.91 Å². The molecule has 0 aromatic rings. The van der Waals surface area contributed by atoms with E-state index in [0.29, 0.717) is 6.42 Å². The van der Waals surface area contributed by atoms with E-state index < -0.39 is 0 Å². The quantitative estimate of drug-likeness (QED) is 0.619. The molecular weight excluding hydrogens is 150 g/mol. The standard InChI is InChI=1S/C10H19NO/c1-4-7-9-11(8-5-2)10(12)6-3/h7,9H,4-6,8H2,1-3H3/b9-7+. The zero-order chi connectivity index (χ0) is 9.40. The van der Waals surface area contributed by atoms with Gasteiger partial charge in [0.1, 0.15) is 0 Å². The summed E-state index contributed by atoms with van der Waals surface area (Å²) in [6.07, 6.45) is 6.50. The summed E-state index contributed by atoms with van der Waals surface area (Å²) in [5, 5.41) is 0. The number of allylic oxidation sites excluding steroid dienone is 1. The predicted molar refractivity (Wildman–Crippen MR) is 51.7 cm³/mol. The third-order valence-electron chi connectivity index (χ3n) is 1.61. The van der Waals surface area contributed by atoms with Gasteiger partial charge in [-0.2, -0.15) is 0 Å². The first-order chi connectivity index (χ1) is 5.76. The Kier molecular flexibility index (Phi) is 6.44. The van der Waals surface area contributed by atoms with Crippen molar-refractivity contribution in [3.05, 3.63) is 12.3 Å². The third-order valence-corrected chi connectivity index (χ3v) is 1.61. The highest BCUT2D eigenvalue weighted by molar-refractivity contribution is 5.76. The highest BCUT2D eigenvalue weighted by Crippen LogP contribution is 1.98. The molecule has 1 amide bonds. The molecule has 0 aliphatic rings. The van der Waals surface area contributed by atoms with Gasteiger partial charge in [-0.1, -0.05) is 26.8 Å². The van der Waals surface area contributed by atoms with E-state index in [4.69, 9.17) is 0 Å². The summed E-state index contributed by atoms with van der Waals surface area (Å²) in [5.74, 6) is 0.210. The topological polar surface area (TPSA) is 20.3 Å². The largest absolute Gasteiger partial charge is 0.319 e. The number of nitrogens with zero attached hydrogens (tertiary/aromatic N) is 1. The van der Waals surface area contributed by atoms with Gasteiger partial charge in [0, 0.05) is 19.2 Å². The van der Waals surface area contributed by atoms with E-state index in [0.717, 1.165) is 19.4 Å². The van der Waals surface area contributed by atoms with E-state index >= 15 is 0 Å². The summed E-state index contributed by atoms with van der Waals surface area (Å²) < 4.78 is 0. The Hall–Kier alpha value is -0.790. The van der Waals surface area contributed by atoms with Crippen LogP contribution in [0, 0.1) is 0 Å². The van der Waals surface area contributed by atoms with E-state index in [1.165, 1.54) is 0 Å². The van der Waals surface area contributed by atoms with E-state index in [2.05, 4.69) is 13.8 Å². The van der Waals surface area contributed by atoms with Gasteiger partial charge >= 0.3 is 0 Å². The van der Waals surface area contributed by atoms with Crippen molar-refractivity contribution < 1.29 is 4.79 Å². The minimum Gasteiger partial charge on any atom is -0.319 e. The van der Waals surface area contributed by atoms with Crippen LogP contribution in [0.25, 0.3) is 0 Å². The van der Waals surface area contributed by atoms with Crippen molar-refractivity contribution in [3.8, 4) is 0 Å². The minimum atomic E-state index is 0.210. The fraction of sp³-hybridized carbons (Fsp3) is 0.700. The molecule has 12 heavy (non-hydrogen) atoms. The second kappa shape index (κ2) is 6.89. The van der Waals surface area contributed by atoms with Crippen LogP contribution in [0.2, 0.25) is 0 Å². The van der Waals surface area contributed by atoms with Crippen LogP contribution in [0.3, 0.4) is 0 Å². The Morgan fingerprint density at radius 1 is 1.33 bits per heavy atom. The Labute approximate surface area is 75.3 Å². The summed E-state index contributed by atoms with van der Waals surface area (Å²) in [6.45, 7) is 6.88. The van der Waals surface area contributed by atoms with Crippen LogP contribution in [-0.4, -0.2) is 17.4 Å². The smallest absolute Gasteiger partial charge is 0.226 e. The van der Waals surface area contributed by atoms with Gasteiger partial charge in [0.05, 0.1) is 0 Å². The van der Waals surface area contributed by atoms with E-state index in [1.54, 1.807) is 4.90 Å². The van der Waals surface area contributed by atoms with Crippen LogP contribution < -0.4 is 0 Å². The summed E-state index contributed by atoms with van der Waals surface area (Å²) in [5.41, 5.74) is 0. The first-order valence-electron chi connectivity index (χ1n) is 4.72. The van der Waals surface area contributed by atoms with Crippen molar-refractivity contribution >= 4 is 5.91 Å². The lowest BCUT2D eigenvalue weighted by Crippen LogP contribution is -2.25. The van der Waals surface area contributed by atoms with Gasteiger partial charge in [0.15, 0.2) is 0 Å². The summed E-state index contributed by atoms with van der Waals surface area (Å²) in [4.78, 5) is 13.1. The molecule has 0 rings (SSSR count). The van der Waals surface area contributed by atoms with Gasteiger partial charge in [0.2, 0.25) is 5.91 Å². The molecule has 2 heteroatoms. The lowest BCUT2D eigenvalue weighted by molar-refractivity contribution is -0.128. The van der Waals surface area contributed by atoms with Gasteiger partial charge < -0.3 is 4.90 Å². The Morgan fingerprint density at radius 2 is 2.00 bits per heavy atom. The summed E-state index contributed by atoms with van der Waals surface area (Å²) >= 11 is 0. The zero-order valence-corrected chi connectivity index (χ0v) is 8.34. The normalized spacial score (nSPS) is 10.6. The fourth-order valence-electron chi connectivity index (χ4n) is 0.959. The molecule has 0 saturated carbocycles. The highest BCUT2D eigenvalue weighted by atomic mass is 16.2. The lowest BCUT2D eigenvalue weighted by Gasteiger charge is -2.16. The number of carbonyl (C=O) groups is 1. The average Bonchev–Trinajstić information content (AvgIpc) is 2.11. The Bertz CT molecular complexity index is 152. The molecule has 0 fully saturated rings. The zero-order valence-electron chi connectivity index (χ0n) is 8.34. The molecule has 0 aromatic carbocycles. The molecule has 2 nitrogen and oxygen atoms in total. The average molecular weight is 169 g/mol. The molecule has 0 aliphatic carbocycles. The number of hydrogen-bond donors (Lipinski definition) is 0. The molecule has 0 bridgehead atoms. The van der Waals surface area contributed by atoms with Crippen molar-refractivity contribution in [3.63, 3.8) is 0 Å². The first-order valence-corrected chi connectivity index (χ1v) is 4.72. The Balaban J connectivity index is 4.02. The Morgan fingerprint density at radius 3 is 2.42 bits per heavy atom. The number of carbonyl (C=O) groups excluding carboxylic acids is 1. The first kappa shape index (κ1) is 11.2. The summed E-state index contributed by atoms with van der Waals surface area (Å²) in [7, 11) is 0. The van der Waals surface area contributed by atoms with E-state index in [1.807, 2.05) is 19.2 Å². The van der Waals surface area contributed by atoms with Gasteiger partial charge in [-0.15, -0.1) is 0 Å².